The predicted octanol–water partition coefficient (Wildman–Crippen LogP) is 3.03. The summed E-state index contributed by atoms with van der Waals surface area (Å²) in [6, 6.07) is 7.57. The summed E-state index contributed by atoms with van der Waals surface area (Å²) in [7, 11) is 0. The van der Waals surface area contributed by atoms with Gasteiger partial charge in [-0.1, -0.05) is 23.7 Å². The number of halogens is 1. The van der Waals surface area contributed by atoms with Crippen LogP contribution >= 0.6 is 11.6 Å². The first-order chi connectivity index (χ1) is 6.75. The van der Waals surface area contributed by atoms with Gasteiger partial charge in [-0.05, 0) is 29.3 Å². The van der Waals surface area contributed by atoms with E-state index in [1.807, 2.05) is 30.3 Å². The van der Waals surface area contributed by atoms with Crippen molar-refractivity contribution in [3.8, 4) is 0 Å². The average molecular weight is 207 g/mol. The Kier molecular flexibility index (Phi) is 2.46. The molecule has 0 bridgehead atoms. The molecule has 0 saturated carbocycles. The van der Waals surface area contributed by atoms with E-state index in [1.54, 1.807) is 6.08 Å². The van der Waals surface area contributed by atoms with Crippen LogP contribution in [0.1, 0.15) is 5.56 Å². The first-order valence-corrected chi connectivity index (χ1v) is 4.71. The SMILES string of the molecule is O=[N+]1C=CC(c2ccc(Cl)cc2)=CC1. The van der Waals surface area contributed by atoms with Crippen molar-refractivity contribution in [1.82, 2.24) is 0 Å². The molecule has 0 aliphatic carbocycles. The van der Waals surface area contributed by atoms with Crippen LogP contribution in [0, 0.1) is 4.91 Å². The van der Waals surface area contributed by atoms with Crippen molar-refractivity contribution in [2.45, 2.75) is 0 Å². The van der Waals surface area contributed by atoms with Crippen molar-refractivity contribution in [2.24, 2.45) is 0 Å². The minimum absolute atomic E-state index is 0.411. The molecule has 2 nitrogen and oxygen atoms in total. The fraction of sp³-hybridized carbons (Fsp3) is 0.0909. The van der Waals surface area contributed by atoms with Crippen LogP contribution in [0.3, 0.4) is 0 Å². The quantitative estimate of drug-likeness (QED) is 0.647. The van der Waals surface area contributed by atoms with Gasteiger partial charge in [-0.2, -0.15) is 0 Å². The van der Waals surface area contributed by atoms with Crippen LogP contribution in [0.15, 0.2) is 42.6 Å². The molecule has 3 heteroatoms. The summed E-state index contributed by atoms with van der Waals surface area (Å²) in [5.74, 6) is 0. The fourth-order valence-electron chi connectivity index (χ4n) is 1.34. The molecule has 14 heavy (non-hydrogen) atoms. The minimum Gasteiger partial charge on any atom is -0.0843 e. The lowest BCUT2D eigenvalue weighted by molar-refractivity contribution is -0.468. The maximum Gasteiger partial charge on any atom is 0.221 e. The van der Waals surface area contributed by atoms with E-state index in [0.717, 1.165) is 20.9 Å². The van der Waals surface area contributed by atoms with Crippen molar-refractivity contribution in [1.29, 1.82) is 0 Å². The standard InChI is InChI=1S/C11H9ClNO/c12-11-3-1-9(2-4-11)10-5-7-13(14)8-6-10/h1-7H,8H2/q+1. The van der Waals surface area contributed by atoms with Crippen molar-refractivity contribution < 1.29 is 4.76 Å². The molecular formula is C11H9ClNO+. The smallest absolute Gasteiger partial charge is 0.0843 e. The predicted molar refractivity (Wildman–Crippen MR) is 57.1 cm³/mol. The van der Waals surface area contributed by atoms with Crippen molar-refractivity contribution in [2.75, 3.05) is 6.54 Å². The second kappa shape index (κ2) is 3.76. The zero-order chi connectivity index (χ0) is 9.97. The van der Waals surface area contributed by atoms with Crippen LogP contribution in [-0.4, -0.2) is 11.3 Å². The molecule has 1 aromatic carbocycles. The Morgan fingerprint density at radius 2 is 1.93 bits per heavy atom. The van der Waals surface area contributed by atoms with E-state index in [1.165, 1.54) is 6.20 Å². The van der Waals surface area contributed by atoms with Gasteiger partial charge >= 0.3 is 0 Å². The highest BCUT2D eigenvalue weighted by atomic mass is 35.5. The number of hydrogen-bond acceptors (Lipinski definition) is 1. The lowest BCUT2D eigenvalue weighted by Gasteiger charge is -2.02. The van der Waals surface area contributed by atoms with Crippen LogP contribution < -0.4 is 0 Å². The van der Waals surface area contributed by atoms with Gasteiger partial charge in [0, 0.05) is 20.8 Å². The summed E-state index contributed by atoms with van der Waals surface area (Å²) in [4.78, 5) is 10.9. The Labute approximate surface area is 87.1 Å². The highest BCUT2D eigenvalue weighted by molar-refractivity contribution is 6.30. The molecule has 0 fully saturated rings. The third-order valence-corrected chi connectivity index (χ3v) is 2.34. The molecule has 0 amide bonds. The zero-order valence-electron chi connectivity index (χ0n) is 7.48. The van der Waals surface area contributed by atoms with Gasteiger partial charge in [0.15, 0.2) is 0 Å². The molecule has 0 aromatic heterocycles. The van der Waals surface area contributed by atoms with E-state index in [2.05, 4.69) is 0 Å². The molecule has 0 N–H and O–H groups in total. The van der Waals surface area contributed by atoms with Gasteiger partial charge in [0.1, 0.15) is 0 Å². The van der Waals surface area contributed by atoms with Crippen molar-refractivity contribution >= 4 is 17.2 Å². The molecule has 70 valence electrons. The van der Waals surface area contributed by atoms with Crippen LogP contribution in [0.2, 0.25) is 5.02 Å². The highest BCUT2D eigenvalue weighted by Crippen LogP contribution is 2.20. The molecule has 1 aliphatic heterocycles. The van der Waals surface area contributed by atoms with Gasteiger partial charge < -0.3 is 0 Å². The normalized spacial score (nSPS) is 15.5. The Morgan fingerprint density at radius 3 is 2.50 bits per heavy atom. The number of benzene rings is 1. The molecular weight excluding hydrogens is 198 g/mol. The Morgan fingerprint density at radius 1 is 1.21 bits per heavy atom. The second-order valence-corrected chi connectivity index (χ2v) is 3.52. The maximum absolute atomic E-state index is 10.9. The number of allylic oxidation sites excluding steroid dienone is 2. The third kappa shape index (κ3) is 1.91. The highest BCUT2D eigenvalue weighted by Gasteiger charge is 2.09. The molecule has 1 aromatic rings. The number of rotatable bonds is 1. The Bertz CT molecular complexity index is 417. The number of hydrogen-bond donors (Lipinski definition) is 0. The van der Waals surface area contributed by atoms with E-state index >= 15 is 0 Å². The maximum atomic E-state index is 10.9. The van der Waals surface area contributed by atoms with Crippen molar-refractivity contribution in [3.05, 3.63) is 58.1 Å². The Balaban J connectivity index is 2.29. The summed E-state index contributed by atoms with van der Waals surface area (Å²) < 4.78 is 0.888. The summed E-state index contributed by atoms with van der Waals surface area (Å²) in [5.41, 5.74) is 2.15. The summed E-state index contributed by atoms with van der Waals surface area (Å²) in [6.07, 6.45) is 5.24. The van der Waals surface area contributed by atoms with E-state index in [4.69, 9.17) is 11.6 Å². The molecule has 0 spiro atoms. The molecule has 0 atom stereocenters. The lowest BCUT2D eigenvalue weighted by Crippen LogP contribution is -2.03. The van der Waals surface area contributed by atoms with Crippen LogP contribution in [0.5, 0.6) is 0 Å². The van der Waals surface area contributed by atoms with Gasteiger partial charge in [0.05, 0.1) is 0 Å². The molecule has 0 unspecified atom stereocenters. The second-order valence-electron chi connectivity index (χ2n) is 3.08. The van der Waals surface area contributed by atoms with Gasteiger partial charge in [0.25, 0.3) is 0 Å². The molecule has 1 heterocycles. The zero-order valence-corrected chi connectivity index (χ0v) is 8.24. The molecule has 2 rings (SSSR count). The van der Waals surface area contributed by atoms with E-state index in [-0.39, 0.29) is 0 Å². The van der Waals surface area contributed by atoms with E-state index in [0.29, 0.717) is 6.54 Å². The first-order valence-electron chi connectivity index (χ1n) is 4.34. The molecule has 1 aliphatic rings. The van der Waals surface area contributed by atoms with Crippen LogP contribution in [0.4, 0.5) is 0 Å². The summed E-state index contributed by atoms with van der Waals surface area (Å²) in [6.45, 7) is 0.411. The van der Waals surface area contributed by atoms with Gasteiger partial charge in [0.2, 0.25) is 12.7 Å². The largest absolute Gasteiger partial charge is 0.221 e. The molecule has 0 saturated heterocycles. The van der Waals surface area contributed by atoms with Crippen LogP contribution in [0.25, 0.3) is 5.57 Å². The third-order valence-electron chi connectivity index (χ3n) is 2.09. The number of nitrogens with zero attached hydrogens (tertiary/aromatic N) is 1. The van der Waals surface area contributed by atoms with Gasteiger partial charge in [-0.25, -0.2) is 0 Å². The van der Waals surface area contributed by atoms with Gasteiger partial charge in [-0.15, -0.1) is 0 Å². The monoisotopic (exact) mass is 206 g/mol. The summed E-state index contributed by atoms with van der Waals surface area (Å²) in [5, 5.41) is 0.722. The van der Waals surface area contributed by atoms with E-state index in [9.17, 15) is 4.91 Å². The topological polar surface area (TPSA) is 20.1 Å². The first kappa shape index (κ1) is 9.16. The lowest BCUT2D eigenvalue weighted by atomic mass is 10.0. The van der Waals surface area contributed by atoms with E-state index < -0.39 is 0 Å². The van der Waals surface area contributed by atoms with Crippen molar-refractivity contribution in [3.63, 3.8) is 0 Å². The Hall–Kier alpha value is -1.41. The van der Waals surface area contributed by atoms with Crippen LogP contribution in [-0.2, 0) is 0 Å². The number of nitroso groups, excluding NO2 is 1. The molecule has 0 radical (unpaired) electrons. The minimum atomic E-state index is 0.411. The average Bonchev–Trinajstić information content (AvgIpc) is 2.21. The summed E-state index contributed by atoms with van der Waals surface area (Å²) >= 11 is 5.78. The fourth-order valence-corrected chi connectivity index (χ4v) is 1.46. The van der Waals surface area contributed by atoms with Gasteiger partial charge in [-0.3, -0.25) is 0 Å².